The number of nitrogens with one attached hydrogen (secondary N) is 1. The van der Waals surface area contributed by atoms with E-state index in [1.807, 2.05) is 19.1 Å². The Labute approximate surface area is 139 Å². The summed E-state index contributed by atoms with van der Waals surface area (Å²) in [7, 11) is 0. The van der Waals surface area contributed by atoms with Crippen LogP contribution in [0, 0.1) is 11.8 Å². The molecule has 1 aromatic rings. The molecule has 1 amide bonds. The Balaban J connectivity index is 1.89. The van der Waals surface area contributed by atoms with Gasteiger partial charge in [-0.2, -0.15) is 0 Å². The van der Waals surface area contributed by atoms with E-state index in [9.17, 15) is 9.59 Å². The lowest BCUT2D eigenvalue weighted by atomic mass is 10.0. The van der Waals surface area contributed by atoms with Crippen molar-refractivity contribution >= 4 is 35.1 Å². The number of carboxylic acids is 1. The molecular weight excluding hydrogens is 325 g/mol. The number of hydrogen-bond donors (Lipinski definition) is 2. The summed E-state index contributed by atoms with van der Waals surface area (Å²) in [6.45, 7) is 2.11. The number of amides is 1. The third-order valence-electron chi connectivity index (χ3n) is 3.95. The van der Waals surface area contributed by atoms with Crippen LogP contribution in [0.1, 0.15) is 37.7 Å². The summed E-state index contributed by atoms with van der Waals surface area (Å²) in [5.41, 5.74) is 0.959. The quantitative estimate of drug-likeness (QED) is 0.792. The fourth-order valence-corrected chi connectivity index (χ4v) is 3.20. The molecule has 1 aliphatic carbocycles. The van der Waals surface area contributed by atoms with Crippen LogP contribution >= 0.6 is 23.2 Å². The molecule has 0 aromatic heterocycles. The van der Waals surface area contributed by atoms with Crippen LogP contribution in [-0.2, 0) is 9.59 Å². The third kappa shape index (κ3) is 4.37. The molecule has 22 heavy (non-hydrogen) atoms. The average Bonchev–Trinajstić information content (AvgIpc) is 3.22. The fraction of sp³-hybridized carbons (Fsp3) is 0.500. The molecule has 3 atom stereocenters. The van der Waals surface area contributed by atoms with Crippen LogP contribution in [0.15, 0.2) is 18.2 Å². The van der Waals surface area contributed by atoms with E-state index in [0.29, 0.717) is 16.5 Å². The maximum absolute atomic E-state index is 12.1. The number of benzene rings is 1. The van der Waals surface area contributed by atoms with Gasteiger partial charge in [0.2, 0.25) is 5.91 Å². The molecule has 120 valence electrons. The predicted molar refractivity (Wildman–Crippen MR) is 86.4 cm³/mol. The van der Waals surface area contributed by atoms with E-state index in [4.69, 9.17) is 28.3 Å². The van der Waals surface area contributed by atoms with Gasteiger partial charge in [-0.3, -0.25) is 9.59 Å². The Hall–Kier alpha value is -1.26. The highest BCUT2D eigenvalue weighted by atomic mass is 35.5. The minimum Gasteiger partial charge on any atom is -0.481 e. The van der Waals surface area contributed by atoms with Crippen molar-refractivity contribution in [3.05, 3.63) is 33.8 Å². The molecule has 2 rings (SSSR count). The number of carbonyl (C=O) groups excluding carboxylic acids is 1. The maximum atomic E-state index is 12.1. The zero-order chi connectivity index (χ0) is 16.3. The van der Waals surface area contributed by atoms with Crippen molar-refractivity contribution in [2.45, 2.75) is 32.1 Å². The number of hydrogen-bond acceptors (Lipinski definition) is 2. The van der Waals surface area contributed by atoms with Crippen LogP contribution in [-0.4, -0.2) is 23.5 Å². The number of carbonyl (C=O) groups is 2. The highest BCUT2D eigenvalue weighted by Gasteiger charge is 2.44. The van der Waals surface area contributed by atoms with Crippen LogP contribution in [0.2, 0.25) is 10.0 Å². The van der Waals surface area contributed by atoms with Crippen LogP contribution in [0.5, 0.6) is 0 Å². The first-order valence-electron chi connectivity index (χ1n) is 7.38. The first-order chi connectivity index (χ1) is 10.4. The molecule has 6 heteroatoms. The van der Waals surface area contributed by atoms with Gasteiger partial charge in [-0.15, -0.1) is 0 Å². The Bertz CT molecular complexity index is 556. The molecule has 1 aliphatic rings. The molecule has 4 nitrogen and oxygen atoms in total. The maximum Gasteiger partial charge on any atom is 0.308 e. The van der Waals surface area contributed by atoms with E-state index < -0.39 is 11.9 Å². The Kier molecular flexibility index (Phi) is 5.70. The van der Waals surface area contributed by atoms with Crippen LogP contribution in [0.3, 0.4) is 0 Å². The topological polar surface area (TPSA) is 66.4 Å². The van der Waals surface area contributed by atoms with Gasteiger partial charge in [-0.1, -0.05) is 36.5 Å². The van der Waals surface area contributed by atoms with E-state index in [-0.39, 0.29) is 24.3 Å². The van der Waals surface area contributed by atoms with E-state index in [0.717, 1.165) is 18.4 Å². The summed E-state index contributed by atoms with van der Waals surface area (Å²) < 4.78 is 0. The molecule has 0 spiro atoms. The lowest BCUT2D eigenvalue weighted by Crippen LogP contribution is -2.34. The summed E-state index contributed by atoms with van der Waals surface area (Å²) in [6.07, 6.45) is 2.08. The highest BCUT2D eigenvalue weighted by Crippen LogP contribution is 2.48. The second-order valence-electron chi connectivity index (χ2n) is 5.72. The second-order valence-corrected chi connectivity index (χ2v) is 6.59. The van der Waals surface area contributed by atoms with Gasteiger partial charge < -0.3 is 10.4 Å². The summed E-state index contributed by atoms with van der Waals surface area (Å²) in [5.74, 6) is -1.48. The van der Waals surface area contributed by atoms with E-state index in [2.05, 4.69) is 5.32 Å². The molecule has 0 radical (unpaired) electrons. The molecular formula is C16H19Cl2NO3. The van der Waals surface area contributed by atoms with Gasteiger partial charge >= 0.3 is 5.97 Å². The number of halogens is 2. The van der Waals surface area contributed by atoms with Crippen LogP contribution < -0.4 is 5.32 Å². The monoisotopic (exact) mass is 343 g/mol. The normalized spacial score (nSPS) is 21.2. The van der Waals surface area contributed by atoms with E-state index >= 15 is 0 Å². The van der Waals surface area contributed by atoms with E-state index in [1.54, 1.807) is 6.07 Å². The number of carboxylic acid groups (broad SMARTS) is 1. The average molecular weight is 344 g/mol. The van der Waals surface area contributed by atoms with Gasteiger partial charge in [-0.05, 0) is 42.5 Å². The first-order valence-corrected chi connectivity index (χ1v) is 8.14. The zero-order valence-electron chi connectivity index (χ0n) is 12.3. The van der Waals surface area contributed by atoms with Crippen LogP contribution in [0.4, 0.5) is 0 Å². The van der Waals surface area contributed by atoms with Crippen molar-refractivity contribution in [2.75, 3.05) is 6.54 Å². The van der Waals surface area contributed by atoms with Gasteiger partial charge in [0.25, 0.3) is 0 Å². The minimum atomic E-state index is -0.865. The predicted octanol–water partition coefficient (Wildman–Crippen LogP) is 3.71. The summed E-state index contributed by atoms with van der Waals surface area (Å²) >= 11 is 11.9. The standard InChI is InChI=1S/C16H19Cl2NO3/c1-2-3-9(16(21)22)8-19-15(20)14-7-13(14)10-4-11(17)6-12(18)5-10/h4-6,9,13-14H,2-3,7-8H2,1H3,(H,19,20)(H,21,22). The first kappa shape index (κ1) is 17.1. The fourth-order valence-electron chi connectivity index (χ4n) is 2.66. The van der Waals surface area contributed by atoms with Gasteiger partial charge in [0.15, 0.2) is 0 Å². The molecule has 1 aromatic carbocycles. The van der Waals surface area contributed by atoms with Crippen molar-refractivity contribution in [1.29, 1.82) is 0 Å². The summed E-state index contributed by atoms with van der Waals surface area (Å²) in [6, 6.07) is 5.30. The molecule has 1 fully saturated rings. The molecule has 1 saturated carbocycles. The molecule has 3 unspecified atom stereocenters. The van der Waals surface area contributed by atoms with Crippen molar-refractivity contribution in [3.8, 4) is 0 Å². The SMILES string of the molecule is CCCC(CNC(=O)C1CC1c1cc(Cl)cc(Cl)c1)C(=O)O. The largest absolute Gasteiger partial charge is 0.481 e. The zero-order valence-corrected chi connectivity index (χ0v) is 13.8. The third-order valence-corrected chi connectivity index (χ3v) is 4.39. The Morgan fingerprint density at radius 1 is 1.32 bits per heavy atom. The summed E-state index contributed by atoms with van der Waals surface area (Å²) in [4.78, 5) is 23.2. The lowest BCUT2D eigenvalue weighted by molar-refractivity contribution is -0.142. The second kappa shape index (κ2) is 7.34. The van der Waals surface area contributed by atoms with Crippen molar-refractivity contribution in [2.24, 2.45) is 11.8 Å². The molecule has 0 bridgehead atoms. The van der Waals surface area contributed by atoms with Crippen molar-refractivity contribution < 1.29 is 14.7 Å². The Morgan fingerprint density at radius 2 is 1.95 bits per heavy atom. The Morgan fingerprint density at radius 3 is 2.50 bits per heavy atom. The van der Waals surface area contributed by atoms with Crippen molar-refractivity contribution in [3.63, 3.8) is 0 Å². The van der Waals surface area contributed by atoms with Gasteiger partial charge in [-0.25, -0.2) is 0 Å². The smallest absolute Gasteiger partial charge is 0.308 e. The molecule has 0 saturated heterocycles. The number of aliphatic carboxylic acids is 1. The van der Waals surface area contributed by atoms with Crippen molar-refractivity contribution in [1.82, 2.24) is 5.32 Å². The minimum absolute atomic E-state index is 0.0940. The van der Waals surface area contributed by atoms with Crippen LogP contribution in [0.25, 0.3) is 0 Å². The van der Waals surface area contributed by atoms with Gasteiger partial charge in [0.1, 0.15) is 0 Å². The van der Waals surface area contributed by atoms with Gasteiger partial charge in [0.05, 0.1) is 5.92 Å². The number of rotatable bonds is 7. The van der Waals surface area contributed by atoms with Gasteiger partial charge in [0, 0.05) is 22.5 Å². The van der Waals surface area contributed by atoms with E-state index in [1.165, 1.54) is 0 Å². The lowest BCUT2D eigenvalue weighted by Gasteiger charge is -2.12. The highest BCUT2D eigenvalue weighted by molar-refractivity contribution is 6.34. The molecule has 0 aliphatic heterocycles. The molecule has 0 heterocycles. The molecule has 2 N–H and O–H groups in total. The summed E-state index contributed by atoms with van der Waals surface area (Å²) in [5, 5.41) is 13.0.